The lowest BCUT2D eigenvalue weighted by Gasteiger charge is -2.11. The fraction of sp³-hybridized carbons (Fsp3) is 0. The maximum atomic E-state index is 10.7. The standard InChI is InChI=1S/C11H5Cl2N5O2S/c12-4-1-5(13)9-10(18-21-17-9)8(4)16-7-3-14-6(2-15-7)11(19)20/h1-3H,(H,15,16)(H,19,20). The number of nitrogens with zero attached hydrogens (tertiary/aromatic N) is 4. The molecule has 0 spiro atoms. The van der Waals surface area contributed by atoms with Crippen LogP contribution in [0, 0.1) is 0 Å². The van der Waals surface area contributed by atoms with Crippen LogP contribution in [0.15, 0.2) is 27.2 Å². The number of nitrogens with one attached hydrogen (secondary N) is 1. The Hall–Kier alpha value is -2.03. The minimum Gasteiger partial charge on any atom is -0.476 e. The van der Waals surface area contributed by atoms with Crippen molar-refractivity contribution >= 4 is 63.4 Å². The topological polar surface area (TPSA) is 99.8 Å². The molecule has 0 bridgehead atoms. The third-order valence-corrected chi connectivity index (χ3v) is 3.68. The van der Waals surface area contributed by atoms with E-state index in [1.165, 1.54) is 6.20 Å². The maximum Gasteiger partial charge on any atom is 0.356 e. The van der Waals surface area contributed by atoms with Gasteiger partial charge in [-0.1, -0.05) is 23.2 Å². The van der Waals surface area contributed by atoms with Gasteiger partial charge >= 0.3 is 5.97 Å². The lowest BCUT2D eigenvalue weighted by molar-refractivity contribution is 0.0690. The second-order valence-corrected chi connectivity index (χ2v) is 5.24. The normalized spacial score (nSPS) is 11.9. The van der Waals surface area contributed by atoms with Crippen LogP contribution in [-0.4, -0.2) is 21.0 Å². The molecule has 7 nitrogen and oxygen atoms in total. The lowest BCUT2D eigenvalue weighted by Crippen LogP contribution is -2.03. The molecule has 0 aliphatic carbocycles. The van der Waals surface area contributed by atoms with E-state index >= 15 is 0 Å². The molecular weight excluding hydrogens is 337 g/mol. The van der Waals surface area contributed by atoms with Crippen LogP contribution in [0.3, 0.4) is 0 Å². The van der Waals surface area contributed by atoms with Gasteiger partial charge in [0.05, 0.1) is 39.5 Å². The van der Waals surface area contributed by atoms with Crippen molar-refractivity contribution < 1.29 is 9.90 Å². The molecular formula is C11H5Cl2N5O2S. The molecule has 106 valence electrons. The van der Waals surface area contributed by atoms with Crippen LogP contribution in [0.4, 0.5) is 22.9 Å². The Balaban J connectivity index is 1.98. The molecule has 0 saturated carbocycles. The molecule has 21 heavy (non-hydrogen) atoms. The van der Waals surface area contributed by atoms with Gasteiger partial charge in [0.15, 0.2) is 5.69 Å². The molecule has 2 N–H and O–H groups in total. The highest BCUT2D eigenvalue weighted by Gasteiger charge is 2.19. The van der Waals surface area contributed by atoms with E-state index in [-0.39, 0.29) is 5.69 Å². The summed E-state index contributed by atoms with van der Waals surface area (Å²) >= 11 is 13.2. The monoisotopic (exact) mass is 341 g/mol. The third kappa shape index (κ3) is 2.60. The highest BCUT2D eigenvalue weighted by Crippen LogP contribution is 2.48. The highest BCUT2D eigenvalue weighted by molar-refractivity contribution is 7.58. The van der Waals surface area contributed by atoms with E-state index in [0.29, 0.717) is 32.9 Å². The molecule has 1 aromatic heterocycles. The number of carbonyl (C=O) groups is 1. The first-order valence-electron chi connectivity index (χ1n) is 5.49. The quantitative estimate of drug-likeness (QED) is 0.751. The van der Waals surface area contributed by atoms with Gasteiger partial charge in [0.2, 0.25) is 0 Å². The minimum atomic E-state index is -1.15. The predicted octanol–water partition coefficient (Wildman–Crippen LogP) is 3.95. The van der Waals surface area contributed by atoms with E-state index in [4.69, 9.17) is 28.3 Å². The van der Waals surface area contributed by atoms with Crippen LogP contribution in [0.1, 0.15) is 10.5 Å². The number of aromatic nitrogens is 2. The Labute approximate surface area is 131 Å². The molecule has 3 rings (SSSR count). The first-order chi connectivity index (χ1) is 10.1. The van der Waals surface area contributed by atoms with Crippen molar-refractivity contribution in [3.05, 3.63) is 34.2 Å². The Kier molecular flexibility index (Phi) is 3.58. The summed E-state index contributed by atoms with van der Waals surface area (Å²) in [4.78, 5) is 18.4. The molecule has 0 amide bonds. The van der Waals surface area contributed by atoms with Crippen molar-refractivity contribution in [2.75, 3.05) is 5.32 Å². The summed E-state index contributed by atoms with van der Waals surface area (Å²) in [5, 5.41) is 12.5. The smallest absolute Gasteiger partial charge is 0.356 e. The van der Waals surface area contributed by atoms with Crippen LogP contribution < -0.4 is 5.32 Å². The number of hydrogen-bond donors (Lipinski definition) is 2. The summed E-state index contributed by atoms with van der Waals surface area (Å²) in [6.45, 7) is 0. The summed E-state index contributed by atoms with van der Waals surface area (Å²) in [5.41, 5.74) is 1.38. The van der Waals surface area contributed by atoms with Crippen LogP contribution >= 0.6 is 23.2 Å². The number of carboxylic acid groups (broad SMARTS) is 1. The Morgan fingerprint density at radius 3 is 2.57 bits per heavy atom. The molecule has 0 unspecified atom stereocenters. The van der Waals surface area contributed by atoms with Crippen molar-refractivity contribution in [3.63, 3.8) is 0 Å². The van der Waals surface area contributed by atoms with Gasteiger partial charge in [0.25, 0.3) is 0 Å². The van der Waals surface area contributed by atoms with Crippen molar-refractivity contribution in [2.24, 2.45) is 8.73 Å². The van der Waals surface area contributed by atoms with Gasteiger partial charge in [0, 0.05) is 0 Å². The van der Waals surface area contributed by atoms with E-state index in [2.05, 4.69) is 24.0 Å². The minimum absolute atomic E-state index is 0.150. The largest absolute Gasteiger partial charge is 0.476 e. The lowest BCUT2D eigenvalue weighted by atomic mass is 10.2. The molecule has 0 saturated heterocycles. The van der Waals surface area contributed by atoms with Gasteiger partial charge in [-0.2, -0.15) is 8.73 Å². The first kappa shape index (κ1) is 13.9. The van der Waals surface area contributed by atoms with Crippen LogP contribution in [-0.2, 0) is 11.4 Å². The van der Waals surface area contributed by atoms with Gasteiger partial charge in [0.1, 0.15) is 17.2 Å². The Morgan fingerprint density at radius 1 is 1.14 bits per heavy atom. The number of halogens is 2. The maximum absolute atomic E-state index is 10.7. The average Bonchev–Trinajstić information content (AvgIpc) is 2.93. The van der Waals surface area contributed by atoms with Crippen molar-refractivity contribution in [1.82, 2.24) is 9.97 Å². The SMILES string of the molecule is O=C(O)c1cnc(Nc2c(Cl)cc(Cl)c3c2N=S=N3)cn1. The second kappa shape index (κ2) is 5.40. The molecule has 1 aromatic carbocycles. The van der Waals surface area contributed by atoms with E-state index in [1.54, 1.807) is 6.07 Å². The zero-order chi connectivity index (χ0) is 15.0. The zero-order valence-electron chi connectivity index (χ0n) is 10.0. The molecule has 1 aliphatic heterocycles. The number of rotatable bonds is 3. The van der Waals surface area contributed by atoms with Gasteiger partial charge in [-0.25, -0.2) is 14.8 Å². The highest BCUT2D eigenvalue weighted by atomic mass is 35.5. The summed E-state index contributed by atoms with van der Waals surface area (Å²) < 4.78 is 8.22. The van der Waals surface area contributed by atoms with Gasteiger partial charge in [-0.3, -0.25) is 0 Å². The summed E-state index contributed by atoms with van der Waals surface area (Å²) in [6.07, 6.45) is 2.44. The van der Waals surface area contributed by atoms with Gasteiger partial charge < -0.3 is 10.4 Å². The van der Waals surface area contributed by atoms with Crippen molar-refractivity contribution in [1.29, 1.82) is 0 Å². The molecule has 10 heteroatoms. The zero-order valence-corrected chi connectivity index (χ0v) is 12.4. The fourth-order valence-electron chi connectivity index (χ4n) is 1.62. The van der Waals surface area contributed by atoms with Crippen LogP contribution in [0.5, 0.6) is 0 Å². The molecule has 0 fully saturated rings. The van der Waals surface area contributed by atoms with E-state index in [9.17, 15) is 4.79 Å². The van der Waals surface area contributed by atoms with Crippen LogP contribution in [0.2, 0.25) is 10.0 Å². The summed E-state index contributed by atoms with van der Waals surface area (Å²) in [7, 11) is 0. The first-order valence-corrected chi connectivity index (χ1v) is 6.97. The second-order valence-electron chi connectivity index (χ2n) is 3.89. The number of benzene rings is 1. The number of hydrogen-bond acceptors (Lipinski definition) is 6. The number of carboxylic acids is 1. The van der Waals surface area contributed by atoms with Crippen molar-refractivity contribution in [3.8, 4) is 0 Å². The van der Waals surface area contributed by atoms with Gasteiger partial charge in [-0.05, 0) is 6.07 Å². The summed E-state index contributed by atoms with van der Waals surface area (Å²) in [6, 6.07) is 1.55. The molecule has 0 atom stereocenters. The predicted molar refractivity (Wildman–Crippen MR) is 80.3 cm³/mol. The average molecular weight is 342 g/mol. The molecule has 2 aromatic rings. The summed E-state index contributed by atoms with van der Waals surface area (Å²) in [5.74, 6) is -0.816. The molecule has 2 heterocycles. The van der Waals surface area contributed by atoms with E-state index in [0.717, 1.165) is 17.6 Å². The fourth-order valence-corrected chi connectivity index (χ4v) is 2.78. The molecule has 0 radical (unpaired) electrons. The third-order valence-electron chi connectivity index (χ3n) is 2.57. The Bertz CT molecular complexity index is 818. The van der Waals surface area contributed by atoms with E-state index in [1.807, 2.05) is 0 Å². The molecule has 1 aliphatic rings. The number of aromatic carboxylic acids is 1. The van der Waals surface area contributed by atoms with Gasteiger partial charge in [-0.15, -0.1) is 0 Å². The van der Waals surface area contributed by atoms with Crippen molar-refractivity contribution in [2.45, 2.75) is 0 Å². The number of anilines is 2. The Morgan fingerprint density at radius 2 is 1.90 bits per heavy atom. The van der Waals surface area contributed by atoms with E-state index < -0.39 is 5.97 Å². The van der Waals surface area contributed by atoms with Crippen LogP contribution in [0.25, 0.3) is 0 Å². The number of fused-ring (bicyclic) bond motifs is 1.